The van der Waals surface area contributed by atoms with Crippen molar-refractivity contribution in [1.82, 2.24) is 10.2 Å². The van der Waals surface area contributed by atoms with Gasteiger partial charge in [0.2, 0.25) is 5.89 Å². The van der Waals surface area contributed by atoms with Gasteiger partial charge in [0.25, 0.3) is 5.22 Å². The first-order valence-electron chi connectivity index (χ1n) is 6.63. The van der Waals surface area contributed by atoms with Gasteiger partial charge in [-0.1, -0.05) is 41.6 Å². The van der Waals surface area contributed by atoms with E-state index in [4.69, 9.17) is 16.0 Å². The number of nitrogens with zero attached hydrogens (tertiary/aromatic N) is 2. The molecule has 1 heterocycles. The number of hydrogen-bond acceptors (Lipinski definition) is 4. The summed E-state index contributed by atoms with van der Waals surface area (Å²) < 4.78 is 18.6. The van der Waals surface area contributed by atoms with Crippen LogP contribution in [0, 0.1) is 5.82 Å². The summed E-state index contributed by atoms with van der Waals surface area (Å²) in [6.07, 6.45) is 0. The summed E-state index contributed by atoms with van der Waals surface area (Å²) >= 11 is 7.38. The second kappa shape index (κ2) is 6.50. The average molecular weight is 335 g/mol. The fraction of sp³-hybridized carbons (Fsp3) is 0.125. The van der Waals surface area contributed by atoms with Crippen LogP contribution in [0.1, 0.15) is 17.7 Å². The van der Waals surface area contributed by atoms with Crippen molar-refractivity contribution in [3.63, 3.8) is 0 Å². The lowest BCUT2D eigenvalue weighted by atomic mass is 10.2. The van der Waals surface area contributed by atoms with E-state index in [0.717, 1.165) is 11.1 Å². The molecule has 6 heteroatoms. The zero-order chi connectivity index (χ0) is 15.5. The highest BCUT2D eigenvalue weighted by atomic mass is 35.5. The van der Waals surface area contributed by atoms with Gasteiger partial charge in [0.1, 0.15) is 5.82 Å². The summed E-state index contributed by atoms with van der Waals surface area (Å²) in [5, 5.41) is 9.22. The van der Waals surface area contributed by atoms with Gasteiger partial charge < -0.3 is 4.42 Å². The van der Waals surface area contributed by atoms with E-state index in [2.05, 4.69) is 10.2 Å². The molecule has 3 nitrogen and oxygen atoms in total. The topological polar surface area (TPSA) is 38.9 Å². The highest BCUT2D eigenvalue weighted by molar-refractivity contribution is 7.99. The molecule has 0 spiro atoms. The van der Waals surface area contributed by atoms with E-state index < -0.39 is 0 Å². The Labute approximate surface area is 136 Å². The van der Waals surface area contributed by atoms with Gasteiger partial charge in [0, 0.05) is 15.8 Å². The molecule has 2 aromatic carbocycles. The highest BCUT2D eigenvalue weighted by Gasteiger charge is 2.14. The zero-order valence-corrected chi connectivity index (χ0v) is 13.2. The molecule has 0 aliphatic carbocycles. The molecular formula is C16H12ClFN2OS. The Hall–Kier alpha value is -1.85. The third kappa shape index (κ3) is 3.48. The van der Waals surface area contributed by atoms with Crippen LogP contribution in [0.3, 0.4) is 0 Å². The standard InChI is InChI=1S/C16H12ClFN2OS/c1-10(11-5-7-14(18)8-6-11)22-16-20-19-15(21-16)12-3-2-4-13(17)9-12/h2-10H,1H3. The number of thioether (sulfide) groups is 1. The summed E-state index contributed by atoms with van der Waals surface area (Å²) in [5.74, 6) is 0.179. The minimum atomic E-state index is -0.248. The van der Waals surface area contributed by atoms with E-state index in [1.165, 1.54) is 23.9 Å². The predicted molar refractivity (Wildman–Crippen MR) is 85.4 cm³/mol. The fourth-order valence-electron chi connectivity index (χ4n) is 1.95. The third-order valence-corrected chi connectivity index (χ3v) is 4.32. The smallest absolute Gasteiger partial charge is 0.277 e. The van der Waals surface area contributed by atoms with Gasteiger partial charge in [-0.05, 0) is 42.8 Å². The van der Waals surface area contributed by atoms with Crippen LogP contribution in [0.2, 0.25) is 5.02 Å². The molecule has 0 saturated heterocycles. The van der Waals surface area contributed by atoms with Crippen molar-refractivity contribution in [2.45, 2.75) is 17.4 Å². The molecule has 0 bridgehead atoms. The summed E-state index contributed by atoms with van der Waals surface area (Å²) in [7, 11) is 0. The lowest BCUT2D eigenvalue weighted by molar-refractivity contribution is 0.465. The van der Waals surface area contributed by atoms with E-state index in [1.54, 1.807) is 24.3 Å². The van der Waals surface area contributed by atoms with Crippen LogP contribution in [0.4, 0.5) is 4.39 Å². The molecule has 0 aliphatic heterocycles. The van der Waals surface area contributed by atoms with Crippen molar-refractivity contribution in [2.75, 3.05) is 0 Å². The van der Waals surface area contributed by atoms with Crippen molar-refractivity contribution < 1.29 is 8.81 Å². The largest absolute Gasteiger partial charge is 0.411 e. The summed E-state index contributed by atoms with van der Waals surface area (Å²) in [6.45, 7) is 2.00. The molecule has 0 saturated carbocycles. The number of benzene rings is 2. The van der Waals surface area contributed by atoms with E-state index in [1.807, 2.05) is 19.1 Å². The van der Waals surface area contributed by atoms with Gasteiger partial charge >= 0.3 is 0 Å². The van der Waals surface area contributed by atoms with Crippen molar-refractivity contribution >= 4 is 23.4 Å². The molecule has 0 aliphatic rings. The molecule has 112 valence electrons. The molecule has 1 aromatic heterocycles. The van der Waals surface area contributed by atoms with Gasteiger partial charge in [0.15, 0.2) is 0 Å². The number of aromatic nitrogens is 2. The molecule has 0 N–H and O–H groups in total. The van der Waals surface area contributed by atoms with Gasteiger partial charge in [-0.25, -0.2) is 4.39 Å². The summed E-state index contributed by atoms with van der Waals surface area (Å²) in [5.41, 5.74) is 1.77. The molecule has 3 rings (SSSR count). The Morgan fingerprint density at radius 1 is 1.14 bits per heavy atom. The number of rotatable bonds is 4. The van der Waals surface area contributed by atoms with Crippen LogP contribution < -0.4 is 0 Å². The molecule has 0 radical (unpaired) electrons. The number of hydrogen-bond donors (Lipinski definition) is 0. The molecular weight excluding hydrogens is 323 g/mol. The molecule has 1 unspecified atom stereocenters. The quantitative estimate of drug-likeness (QED) is 0.600. The van der Waals surface area contributed by atoms with E-state index in [9.17, 15) is 4.39 Å². The van der Waals surface area contributed by atoms with E-state index in [0.29, 0.717) is 16.1 Å². The molecule has 22 heavy (non-hydrogen) atoms. The van der Waals surface area contributed by atoms with Crippen LogP contribution in [-0.4, -0.2) is 10.2 Å². The Balaban J connectivity index is 1.75. The average Bonchev–Trinajstić information content (AvgIpc) is 2.96. The van der Waals surface area contributed by atoms with E-state index in [-0.39, 0.29) is 11.1 Å². The lowest BCUT2D eigenvalue weighted by Crippen LogP contribution is -1.88. The first kappa shape index (κ1) is 15.1. The number of halogens is 2. The Morgan fingerprint density at radius 3 is 2.64 bits per heavy atom. The zero-order valence-electron chi connectivity index (χ0n) is 11.7. The molecule has 0 fully saturated rings. The first-order chi connectivity index (χ1) is 10.6. The van der Waals surface area contributed by atoms with Gasteiger partial charge in [-0.3, -0.25) is 0 Å². The maximum atomic E-state index is 12.9. The maximum Gasteiger partial charge on any atom is 0.277 e. The second-order valence-electron chi connectivity index (χ2n) is 4.70. The third-order valence-electron chi connectivity index (χ3n) is 3.10. The lowest BCUT2D eigenvalue weighted by Gasteiger charge is -2.08. The van der Waals surface area contributed by atoms with Crippen molar-refractivity contribution in [3.8, 4) is 11.5 Å². The van der Waals surface area contributed by atoms with Gasteiger partial charge in [-0.2, -0.15) is 0 Å². The van der Waals surface area contributed by atoms with Crippen LogP contribution in [-0.2, 0) is 0 Å². The van der Waals surface area contributed by atoms with E-state index >= 15 is 0 Å². The first-order valence-corrected chi connectivity index (χ1v) is 7.89. The van der Waals surface area contributed by atoms with Crippen LogP contribution in [0.5, 0.6) is 0 Å². The molecule has 1 atom stereocenters. The second-order valence-corrected chi connectivity index (χ2v) is 6.42. The minimum absolute atomic E-state index is 0.0771. The minimum Gasteiger partial charge on any atom is -0.411 e. The van der Waals surface area contributed by atoms with Crippen molar-refractivity contribution in [1.29, 1.82) is 0 Å². The highest BCUT2D eigenvalue weighted by Crippen LogP contribution is 2.35. The Morgan fingerprint density at radius 2 is 1.91 bits per heavy atom. The Kier molecular flexibility index (Phi) is 4.45. The fourth-order valence-corrected chi connectivity index (χ4v) is 2.95. The molecule has 0 amide bonds. The van der Waals surface area contributed by atoms with Crippen molar-refractivity contribution in [3.05, 3.63) is 64.9 Å². The van der Waals surface area contributed by atoms with Crippen LogP contribution in [0.15, 0.2) is 58.2 Å². The predicted octanol–water partition coefficient (Wildman–Crippen LogP) is 5.38. The van der Waals surface area contributed by atoms with Crippen LogP contribution >= 0.6 is 23.4 Å². The molecule has 3 aromatic rings. The van der Waals surface area contributed by atoms with Crippen LogP contribution in [0.25, 0.3) is 11.5 Å². The summed E-state index contributed by atoms with van der Waals surface area (Å²) in [6, 6.07) is 13.6. The summed E-state index contributed by atoms with van der Waals surface area (Å²) in [4.78, 5) is 0. The maximum absolute atomic E-state index is 12.9. The van der Waals surface area contributed by atoms with Gasteiger partial charge in [0.05, 0.1) is 0 Å². The Bertz CT molecular complexity index is 776. The normalized spacial score (nSPS) is 12.3. The van der Waals surface area contributed by atoms with Gasteiger partial charge in [-0.15, -0.1) is 10.2 Å². The van der Waals surface area contributed by atoms with Crippen molar-refractivity contribution in [2.24, 2.45) is 0 Å². The SMILES string of the molecule is CC(Sc1nnc(-c2cccc(Cl)c2)o1)c1ccc(F)cc1. The monoisotopic (exact) mass is 334 g/mol.